The quantitative estimate of drug-likeness (QED) is 0.786. The molecule has 26 heavy (non-hydrogen) atoms. The Morgan fingerprint density at radius 3 is 2.65 bits per heavy atom. The lowest BCUT2D eigenvalue weighted by Crippen LogP contribution is -2.47. The molecule has 0 radical (unpaired) electrons. The summed E-state index contributed by atoms with van der Waals surface area (Å²) < 4.78 is 0. The first-order chi connectivity index (χ1) is 12.0. The minimum absolute atomic E-state index is 0. The number of benzene rings is 1. The largest absolute Gasteiger partial charge is 0.508 e. The molecular weight excluding hydrogens is 346 g/mol. The molecule has 1 saturated carbocycles. The molecule has 1 aromatic rings. The fourth-order valence-electron chi connectivity index (χ4n) is 4.71. The normalized spacial score (nSPS) is 27.7. The summed E-state index contributed by atoms with van der Waals surface area (Å²) in [6, 6.07) is 7.73. The van der Waals surface area contributed by atoms with E-state index in [9.17, 15) is 9.90 Å². The van der Waals surface area contributed by atoms with Gasteiger partial charge in [0.1, 0.15) is 11.5 Å². The van der Waals surface area contributed by atoms with Gasteiger partial charge in [-0.2, -0.15) is 0 Å². The molecule has 2 unspecified atom stereocenters. The molecule has 1 saturated heterocycles. The van der Waals surface area contributed by atoms with Gasteiger partial charge in [0.25, 0.3) is 0 Å². The van der Waals surface area contributed by atoms with Gasteiger partial charge in [0.2, 0.25) is 0 Å². The lowest BCUT2D eigenvalue weighted by atomic mass is 9.68. The molecule has 3 nitrogen and oxygen atoms in total. The minimum atomic E-state index is 0. The van der Waals surface area contributed by atoms with Crippen molar-refractivity contribution in [3.8, 4) is 5.75 Å². The van der Waals surface area contributed by atoms with Crippen molar-refractivity contribution in [2.45, 2.75) is 64.2 Å². The van der Waals surface area contributed by atoms with E-state index in [1.54, 1.807) is 6.07 Å². The number of nitrogens with zero attached hydrogens (tertiary/aromatic N) is 1. The highest BCUT2D eigenvalue weighted by atomic mass is 35.5. The average molecular weight is 380 g/mol. The Morgan fingerprint density at radius 2 is 2.00 bits per heavy atom. The Hall–Kier alpha value is -1.06. The summed E-state index contributed by atoms with van der Waals surface area (Å²) in [5, 5.41) is 9.82. The molecule has 1 aliphatic carbocycles. The van der Waals surface area contributed by atoms with E-state index in [-0.39, 0.29) is 17.8 Å². The summed E-state index contributed by atoms with van der Waals surface area (Å²) >= 11 is 0. The number of halogens is 1. The standard InChI is InChI=1S/C22H33NO2.ClH/c1-17-16-23(13-11-21(25)18-7-4-3-5-8-18)14-12-22(17,2)19-9-6-10-20(24)15-19;/h6,9-10,15,17-18,24H,3-5,7-8,11-14,16H2,1-2H3;1H. The number of hydrogen-bond acceptors (Lipinski definition) is 3. The molecule has 1 N–H and O–H groups in total. The van der Waals surface area contributed by atoms with E-state index in [1.165, 1.54) is 24.8 Å². The summed E-state index contributed by atoms with van der Waals surface area (Å²) in [6.45, 7) is 7.60. The number of carbonyl (C=O) groups excluding carboxylic acids is 1. The Morgan fingerprint density at radius 1 is 1.27 bits per heavy atom. The molecule has 3 rings (SSSR count). The number of carbonyl (C=O) groups is 1. The molecule has 0 bridgehead atoms. The fourth-order valence-corrected chi connectivity index (χ4v) is 4.71. The predicted octanol–water partition coefficient (Wildman–Crippen LogP) is 4.95. The maximum atomic E-state index is 12.5. The second kappa shape index (κ2) is 9.23. The van der Waals surface area contributed by atoms with E-state index in [4.69, 9.17) is 0 Å². The first-order valence-electron chi connectivity index (χ1n) is 10.0. The predicted molar refractivity (Wildman–Crippen MR) is 109 cm³/mol. The van der Waals surface area contributed by atoms with E-state index in [0.717, 1.165) is 45.3 Å². The van der Waals surface area contributed by atoms with E-state index >= 15 is 0 Å². The van der Waals surface area contributed by atoms with Crippen LogP contribution in [0.5, 0.6) is 5.75 Å². The Balaban J connectivity index is 0.00000243. The molecule has 146 valence electrons. The highest BCUT2D eigenvalue weighted by molar-refractivity contribution is 5.85. The molecule has 1 aromatic carbocycles. The van der Waals surface area contributed by atoms with Crippen molar-refractivity contribution < 1.29 is 9.90 Å². The van der Waals surface area contributed by atoms with Gasteiger partial charge in [-0.1, -0.05) is 45.2 Å². The Kier molecular flexibility index (Phi) is 7.54. The number of hydrogen-bond donors (Lipinski definition) is 1. The highest BCUT2D eigenvalue weighted by Crippen LogP contribution is 2.40. The van der Waals surface area contributed by atoms with Crippen LogP contribution >= 0.6 is 12.4 Å². The van der Waals surface area contributed by atoms with Crippen molar-refractivity contribution in [3.05, 3.63) is 29.8 Å². The molecule has 1 heterocycles. The monoisotopic (exact) mass is 379 g/mol. The van der Waals surface area contributed by atoms with Crippen LogP contribution in [0.1, 0.15) is 64.4 Å². The molecule has 0 amide bonds. The van der Waals surface area contributed by atoms with Crippen molar-refractivity contribution in [2.75, 3.05) is 19.6 Å². The van der Waals surface area contributed by atoms with E-state index in [2.05, 4.69) is 24.8 Å². The van der Waals surface area contributed by atoms with Gasteiger partial charge in [-0.15, -0.1) is 12.4 Å². The number of ketones is 1. The van der Waals surface area contributed by atoms with Crippen LogP contribution in [0, 0.1) is 11.8 Å². The van der Waals surface area contributed by atoms with Crippen molar-refractivity contribution in [1.29, 1.82) is 0 Å². The zero-order chi connectivity index (χ0) is 17.9. The zero-order valence-electron chi connectivity index (χ0n) is 16.2. The third kappa shape index (κ3) is 4.80. The lowest BCUT2D eigenvalue weighted by molar-refractivity contribution is -0.124. The summed E-state index contributed by atoms with van der Waals surface area (Å²) in [5.74, 6) is 1.70. The van der Waals surface area contributed by atoms with Crippen LogP contribution in [0.4, 0.5) is 0 Å². The van der Waals surface area contributed by atoms with Gasteiger partial charge in [-0.05, 0) is 54.8 Å². The highest BCUT2D eigenvalue weighted by Gasteiger charge is 2.38. The smallest absolute Gasteiger partial charge is 0.137 e. The lowest BCUT2D eigenvalue weighted by Gasteiger charge is -2.45. The molecule has 2 atom stereocenters. The SMILES string of the molecule is CC1CN(CCC(=O)C2CCCCC2)CCC1(C)c1cccc(O)c1.Cl. The van der Waals surface area contributed by atoms with Crippen molar-refractivity contribution >= 4 is 18.2 Å². The van der Waals surface area contributed by atoms with Crippen LogP contribution in [0.15, 0.2) is 24.3 Å². The number of Topliss-reactive ketones (excluding diaryl/α,β-unsaturated/α-hetero) is 1. The Labute approximate surface area is 164 Å². The summed E-state index contributed by atoms with van der Waals surface area (Å²) in [6.07, 6.45) is 7.81. The number of phenolic OH excluding ortho intramolecular Hbond substituents is 1. The summed E-state index contributed by atoms with van der Waals surface area (Å²) in [4.78, 5) is 14.9. The van der Waals surface area contributed by atoms with Crippen LogP contribution in [0.3, 0.4) is 0 Å². The van der Waals surface area contributed by atoms with Crippen LogP contribution in [-0.2, 0) is 10.2 Å². The topological polar surface area (TPSA) is 40.5 Å². The van der Waals surface area contributed by atoms with Gasteiger partial charge in [0.15, 0.2) is 0 Å². The van der Waals surface area contributed by atoms with Crippen LogP contribution in [0.2, 0.25) is 0 Å². The maximum absolute atomic E-state index is 12.5. The van der Waals surface area contributed by atoms with E-state index in [1.807, 2.05) is 12.1 Å². The van der Waals surface area contributed by atoms with Crippen molar-refractivity contribution in [1.82, 2.24) is 4.90 Å². The first kappa shape index (κ1) is 21.2. The number of aromatic hydroxyl groups is 1. The van der Waals surface area contributed by atoms with E-state index in [0.29, 0.717) is 23.4 Å². The van der Waals surface area contributed by atoms with Crippen LogP contribution in [0.25, 0.3) is 0 Å². The van der Waals surface area contributed by atoms with Crippen LogP contribution in [-0.4, -0.2) is 35.4 Å². The minimum Gasteiger partial charge on any atom is -0.508 e. The molecule has 1 aliphatic heterocycles. The molecule has 0 spiro atoms. The second-order valence-electron chi connectivity index (χ2n) is 8.47. The molecule has 2 aliphatic rings. The third-order valence-electron chi connectivity index (χ3n) is 6.81. The maximum Gasteiger partial charge on any atom is 0.137 e. The van der Waals surface area contributed by atoms with Crippen molar-refractivity contribution in [3.63, 3.8) is 0 Å². The van der Waals surface area contributed by atoms with Gasteiger partial charge in [0.05, 0.1) is 0 Å². The summed E-state index contributed by atoms with van der Waals surface area (Å²) in [7, 11) is 0. The van der Waals surface area contributed by atoms with Gasteiger partial charge >= 0.3 is 0 Å². The molecule has 0 aromatic heterocycles. The number of likely N-dealkylation sites (tertiary alicyclic amines) is 1. The molecular formula is C22H34ClNO2. The zero-order valence-corrected chi connectivity index (χ0v) is 17.1. The third-order valence-corrected chi connectivity index (χ3v) is 6.81. The van der Waals surface area contributed by atoms with Crippen LogP contribution < -0.4 is 0 Å². The fraction of sp³-hybridized carbons (Fsp3) is 0.682. The van der Waals surface area contributed by atoms with Gasteiger partial charge in [0, 0.05) is 25.4 Å². The number of piperidine rings is 1. The first-order valence-corrected chi connectivity index (χ1v) is 10.0. The number of phenols is 1. The summed E-state index contributed by atoms with van der Waals surface area (Å²) in [5.41, 5.74) is 1.33. The molecule has 4 heteroatoms. The second-order valence-corrected chi connectivity index (χ2v) is 8.47. The van der Waals surface area contributed by atoms with Gasteiger partial charge in [-0.3, -0.25) is 4.79 Å². The van der Waals surface area contributed by atoms with E-state index < -0.39 is 0 Å². The van der Waals surface area contributed by atoms with Gasteiger partial charge < -0.3 is 10.0 Å². The molecule has 2 fully saturated rings. The average Bonchev–Trinajstić information content (AvgIpc) is 2.63. The van der Waals surface area contributed by atoms with Gasteiger partial charge in [-0.25, -0.2) is 0 Å². The number of rotatable bonds is 5. The Bertz CT molecular complexity index is 600. The van der Waals surface area contributed by atoms with Crippen molar-refractivity contribution in [2.24, 2.45) is 11.8 Å².